The van der Waals surface area contributed by atoms with Crippen molar-refractivity contribution in [2.24, 2.45) is 0 Å². The van der Waals surface area contributed by atoms with E-state index in [0.29, 0.717) is 11.8 Å². The van der Waals surface area contributed by atoms with Crippen molar-refractivity contribution in [1.29, 1.82) is 0 Å². The minimum atomic E-state index is -1.36. The van der Waals surface area contributed by atoms with Crippen LogP contribution in [0.3, 0.4) is 0 Å². The van der Waals surface area contributed by atoms with Gasteiger partial charge in [-0.15, -0.1) is 0 Å². The predicted octanol–water partition coefficient (Wildman–Crippen LogP) is 1.81. The summed E-state index contributed by atoms with van der Waals surface area (Å²) in [6.07, 6.45) is -1.08. The topological polar surface area (TPSA) is 99.1 Å². The summed E-state index contributed by atoms with van der Waals surface area (Å²) in [6, 6.07) is 15.4. The molecule has 0 spiro atoms. The fourth-order valence-corrected chi connectivity index (χ4v) is 2.22. The maximum Gasteiger partial charge on any atom is 0.312 e. The van der Waals surface area contributed by atoms with Gasteiger partial charge in [-0.25, -0.2) is 0 Å². The monoisotopic (exact) mass is 372 g/mol. The quantitative estimate of drug-likeness (QED) is 0.294. The number of phenolic OH excluding ortho intramolecular Hbond substituents is 1. The van der Waals surface area contributed by atoms with Crippen molar-refractivity contribution in [3.8, 4) is 5.75 Å². The van der Waals surface area contributed by atoms with Crippen LogP contribution in [0, 0.1) is 0 Å². The second-order valence-corrected chi connectivity index (χ2v) is 5.55. The number of rotatable bonds is 10. The molecular weight excluding hydrogens is 352 g/mol. The number of aldehydes is 1. The first kappa shape index (κ1) is 20.1. The number of esters is 2. The third kappa shape index (κ3) is 7.29. The van der Waals surface area contributed by atoms with Crippen molar-refractivity contribution < 1.29 is 33.7 Å². The van der Waals surface area contributed by atoms with Gasteiger partial charge in [-0.05, 0) is 11.6 Å². The lowest BCUT2D eigenvalue weighted by atomic mass is 10.1. The van der Waals surface area contributed by atoms with E-state index in [-0.39, 0.29) is 31.8 Å². The first-order chi connectivity index (χ1) is 13.1. The molecule has 1 N–H and O–H groups in total. The number of phenols is 1. The van der Waals surface area contributed by atoms with Crippen molar-refractivity contribution in [1.82, 2.24) is 0 Å². The Bertz CT molecular complexity index is 758. The summed E-state index contributed by atoms with van der Waals surface area (Å²) in [5.41, 5.74) is 1.20. The lowest BCUT2D eigenvalue weighted by molar-refractivity contribution is -0.181. The summed E-state index contributed by atoms with van der Waals surface area (Å²) < 4.78 is 15.0. The first-order valence-electron chi connectivity index (χ1n) is 8.31. The number of carbonyl (C=O) groups excluding carboxylic acids is 3. The molecule has 7 heteroatoms. The summed E-state index contributed by atoms with van der Waals surface area (Å²) in [6.45, 7) is -0.235. The van der Waals surface area contributed by atoms with Crippen molar-refractivity contribution >= 4 is 18.2 Å². The molecule has 142 valence electrons. The minimum Gasteiger partial charge on any atom is -0.508 e. The molecule has 1 unspecified atom stereocenters. The SMILES string of the molecule is O=CC(OCCOC(=O)Cc1ccccc1O)OC(=O)Cc1ccccc1. The Balaban J connectivity index is 1.67. The van der Waals surface area contributed by atoms with Gasteiger partial charge in [-0.2, -0.15) is 0 Å². The molecule has 7 nitrogen and oxygen atoms in total. The molecular formula is C20H20O7. The van der Waals surface area contributed by atoms with Gasteiger partial charge in [0.15, 0.2) is 6.29 Å². The van der Waals surface area contributed by atoms with E-state index in [1.54, 1.807) is 42.5 Å². The van der Waals surface area contributed by atoms with Crippen molar-refractivity contribution in [3.05, 3.63) is 65.7 Å². The van der Waals surface area contributed by atoms with E-state index in [9.17, 15) is 19.5 Å². The molecule has 2 aromatic rings. The molecule has 0 amide bonds. The molecule has 2 rings (SSSR count). The molecule has 0 aromatic heterocycles. The summed E-state index contributed by atoms with van der Waals surface area (Å²) in [5, 5.41) is 9.61. The zero-order valence-electron chi connectivity index (χ0n) is 14.6. The Morgan fingerprint density at radius 1 is 0.926 bits per heavy atom. The van der Waals surface area contributed by atoms with Crippen LogP contribution >= 0.6 is 0 Å². The number of benzene rings is 2. The molecule has 0 fully saturated rings. The van der Waals surface area contributed by atoms with Gasteiger partial charge in [0.05, 0.1) is 19.4 Å². The fourth-order valence-electron chi connectivity index (χ4n) is 2.22. The highest BCUT2D eigenvalue weighted by molar-refractivity contribution is 5.74. The van der Waals surface area contributed by atoms with E-state index in [1.807, 2.05) is 6.07 Å². The number of para-hydroxylation sites is 1. The largest absolute Gasteiger partial charge is 0.508 e. The van der Waals surface area contributed by atoms with Gasteiger partial charge in [0.2, 0.25) is 0 Å². The lowest BCUT2D eigenvalue weighted by Gasteiger charge is -2.13. The zero-order valence-corrected chi connectivity index (χ0v) is 14.6. The number of hydrogen-bond donors (Lipinski definition) is 1. The van der Waals surface area contributed by atoms with Gasteiger partial charge in [0.1, 0.15) is 12.4 Å². The highest BCUT2D eigenvalue weighted by Gasteiger charge is 2.15. The third-order valence-electron chi connectivity index (χ3n) is 3.50. The molecule has 0 heterocycles. The minimum absolute atomic E-state index is 0.0112. The Labute approximate surface area is 156 Å². The second-order valence-electron chi connectivity index (χ2n) is 5.55. The summed E-state index contributed by atoms with van der Waals surface area (Å²) in [4.78, 5) is 34.5. The molecule has 1 atom stereocenters. The molecule has 0 bridgehead atoms. The van der Waals surface area contributed by atoms with E-state index < -0.39 is 18.2 Å². The number of carbonyl (C=O) groups is 3. The third-order valence-corrected chi connectivity index (χ3v) is 3.50. The van der Waals surface area contributed by atoms with Crippen LogP contribution in [-0.4, -0.2) is 42.8 Å². The highest BCUT2D eigenvalue weighted by atomic mass is 16.7. The number of ether oxygens (including phenoxy) is 3. The molecule has 0 saturated carbocycles. The van der Waals surface area contributed by atoms with E-state index in [2.05, 4.69) is 0 Å². The Morgan fingerprint density at radius 3 is 2.33 bits per heavy atom. The van der Waals surface area contributed by atoms with Gasteiger partial charge in [0.25, 0.3) is 6.29 Å². The summed E-state index contributed by atoms with van der Waals surface area (Å²) in [5.74, 6) is -1.14. The van der Waals surface area contributed by atoms with Gasteiger partial charge in [-0.3, -0.25) is 14.4 Å². The normalized spacial score (nSPS) is 11.4. The highest BCUT2D eigenvalue weighted by Crippen LogP contribution is 2.16. The van der Waals surface area contributed by atoms with E-state index in [1.165, 1.54) is 6.07 Å². The fraction of sp³-hybridized carbons (Fsp3) is 0.250. The van der Waals surface area contributed by atoms with Crippen LogP contribution in [0.1, 0.15) is 11.1 Å². The Kier molecular flexibility index (Phi) is 7.99. The van der Waals surface area contributed by atoms with Crippen LogP contribution in [0.25, 0.3) is 0 Å². The molecule has 27 heavy (non-hydrogen) atoms. The van der Waals surface area contributed by atoms with Crippen LogP contribution in [0.2, 0.25) is 0 Å². The van der Waals surface area contributed by atoms with Crippen molar-refractivity contribution in [2.45, 2.75) is 19.1 Å². The van der Waals surface area contributed by atoms with Crippen LogP contribution in [-0.2, 0) is 41.4 Å². The summed E-state index contributed by atoms with van der Waals surface area (Å²) in [7, 11) is 0. The zero-order chi connectivity index (χ0) is 19.5. The first-order valence-corrected chi connectivity index (χ1v) is 8.31. The smallest absolute Gasteiger partial charge is 0.312 e. The molecule has 0 saturated heterocycles. The van der Waals surface area contributed by atoms with E-state index in [0.717, 1.165) is 5.56 Å². The van der Waals surface area contributed by atoms with Crippen molar-refractivity contribution in [2.75, 3.05) is 13.2 Å². The van der Waals surface area contributed by atoms with E-state index >= 15 is 0 Å². The lowest BCUT2D eigenvalue weighted by Crippen LogP contribution is -2.26. The van der Waals surface area contributed by atoms with Crippen molar-refractivity contribution in [3.63, 3.8) is 0 Å². The van der Waals surface area contributed by atoms with Gasteiger partial charge >= 0.3 is 11.9 Å². The van der Waals surface area contributed by atoms with Crippen LogP contribution in [0.5, 0.6) is 5.75 Å². The average molecular weight is 372 g/mol. The second kappa shape index (κ2) is 10.7. The molecule has 0 aliphatic heterocycles. The predicted molar refractivity (Wildman–Crippen MR) is 94.8 cm³/mol. The molecule has 0 aliphatic carbocycles. The van der Waals surface area contributed by atoms with Crippen LogP contribution in [0.4, 0.5) is 0 Å². The standard InChI is InChI=1S/C20H20O7/c21-14-20(27-19(24)12-15-6-2-1-3-7-15)26-11-10-25-18(23)13-16-8-4-5-9-17(16)22/h1-9,14,20,22H,10-13H2. The molecule has 0 aliphatic rings. The molecule has 0 radical (unpaired) electrons. The van der Waals surface area contributed by atoms with E-state index in [4.69, 9.17) is 14.2 Å². The average Bonchev–Trinajstić information content (AvgIpc) is 2.67. The van der Waals surface area contributed by atoms with Crippen LogP contribution in [0.15, 0.2) is 54.6 Å². The molecule has 2 aromatic carbocycles. The van der Waals surface area contributed by atoms with Crippen LogP contribution < -0.4 is 0 Å². The maximum atomic E-state index is 11.8. The van der Waals surface area contributed by atoms with Gasteiger partial charge < -0.3 is 19.3 Å². The maximum absolute atomic E-state index is 11.8. The Morgan fingerprint density at radius 2 is 1.63 bits per heavy atom. The number of aromatic hydroxyl groups is 1. The number of hydrogen-bond acceptors (Lipinski definition) is 7. The van der Waals surface area contributed by atoms with Gasteiger partial charge in [0, 0.05) is 5.56 Å². The van der Waals surface area contributed by atoms with Gasteiger partial charge in [-0.1, -0.05) is 48.5 Å². The Hall–Kier alpha value is -3.19. The summed E-state index contributed by atoms with van der Waals surface area (Å²) >= 11 is 0.